The summed E-state index contributed by atoms with van der Waals surface area (Å²) in [5, 5.41) is 2.56. The number of nitrogens with zero attached hydrogens (tertiary/aromatic N) is 1. The van der Waals surface area contributed by atoms with Crippen LogP contribution < -0.4 is 5.32 Å². The van der Waals surface area contributed by atoms with Crippen LogP contribution >= 0.6 is 11.8 Å². The first-order valence-corrected chi connectivity index (χ1v) is 8.72. The molecule has 1 saturated heterocycles. The van der Waals surface area contributed by atoms with Crippen LogP contribution in [0.3, 0.4) is 0 Å². The van der Waals surface area contributed by atoms with Crippen LogP contribution in [0.2, 0.25) is 0 Å². The fraction of sp³-hybridized carbons (Fsp3) is 0.438. The van der Waals surface area contributed by atoms with Crippen LogP contribution in [0.4, 0.5) is 13.2 Å². The number of alkyl halides is 3. The Morgan fingerprint density at radius 2 is 1.92 bits per heavy atom. The van der Waals surface area contributed by atoms with E-state index in [2.05, 4.69) is 5.32 Å². The summed E-state index contributed by atoms with van der Waals surface area (Å²) in [6.45, 7) is 0.0850. The molecule has 1 aromatic carbocycles. The number of benzene rings is 1. The molecule has 1 aliphatic rings. The number of carbonyl (C=O) groups excluding carboxylic acids is 3. The number of aldehydes is 1. The molecule has 1 heterocycles. The summed E-state index contributed by atoms with van der Waals surface area (Å²) >= 11 is 1.48. The topological polar surface area (TPSA) is 66.5 Å². The maximum atomic E-state index is 12.5. The normalized spacial score (nSPS) is 17.4. The molecule has 0 unspecified atom stereocenters. The van der Waals surface area contributed by atoms with Gasteiger partial charge in [0.05, 0.1) is 17.5 Å². The molecule has 1 N–H and O–H groups in total. The number of hydrogen-bond acceptors (Lipinski definition) is 4. The van der Waals surface area contributed by atoms with Gasteiger partial charge in [0.1, 0.15) is 6.29 Å². The van der Waals surface area contributed by atoms with Gasteiger partial charge in [0.25, 0.3) is 0 Å². The van der Waals surface area contributed by atoms with Crippen LogP contribution in [0.25, 0.3) is 0 Å². The van der Waals surface area contributed by atoms with Gasteiger partial charge in [-0.25, -0.2) is 0 Å². The van der Waals surface area contributed by atoms with E-state index < -0.39 is 17.8 Å². The van der Waals surface area contributed by atoms with E-state index in [4.69, 9.17) is 0 Å². The third kappa shape index (κ3) is 5.48. The molecule has 1 aromatic rings. The third-order valence-corrected chi connectivity index (χ3v) is 4.77. The molecular weight excluding hydrogens is 357 g/mol. The molecule has 0 bridgehead atoms. The highest BCUT2D eigenvalue weighted by atomic mass is 32.2. The molecule has 1 atom stereocenters. The van der Waals surface area contributed by atoms with Crippen molar-refractivity contribution < 1.29 is 27.6 Å². The molecule has 2 amide bonds. The number of nitrogens with one attached hydrogen (secondary N) is 1. The summed E-state index contributed by atoms with van der Waals surface area (Å²) in [5.41, 5.74) is -0.217. The smallest absolute Gasteiger partial charge is 0.352 e. The highest BCUT2D eigenvalue weighted by Crippen LogP contribution is 2.29. The number of amides is 2. The molecule has 2 rings (SSSR count). The highest BCUT2D eigenvalue weighted by Gasteiger charge is 2.30. The van der Waals surface area contributed by atoms with Crippen molar-refractivity contribution in [2.45, 2.75) is 31.6 Å². The average Bonchev–Trinajstić information content (AvgIpc) is 3.06. The Morgan fingerprint density at radius 3 is 2.52 bits per heavy atom. The SMILES string of the molecule is O=C[C@@H]1CSCN1C(=O)CCC(=O)NCc1ccc(C(F)(F)F)cc1. The van der Waals surface area contributed by atoms with Gasteiger partial charge in [0, 0.05) is 25.1 Å². The van der Waals surface area contributed by atoms with Crippen LogP contribution in [-0.4, -0.2) is 40.7 Å². The predicted octanol–water partition coefficient (Wildman–Crippen LogP) is 2.20. The summed E-state index contributed by atoms with van der Waals surface area (Å²) in [4.78, 5) is 36.1. The Balaban J connectivity index is 1.75. The maximum Gasteiger partial charge on any atom is 0.416 e. The van der Waals surface area contributed by atoms with Crippen LogP contribution in [0.1, 0.15) is 24.0 Å². The second-order valence-corrected chi connectivity index (χ2v) is 6.54. The largest absolute Gasteiger partial charge is 0.416 e. The second-order valence-electron chi connectivity index (χ2n) is 5.54. The van der Waals surface area contributed by atoms with Crippen molar-refractivity contribution in [3.63, 3.8) is 0 Å². The molecule has 1 fully saturated rings. The van der Waals surface area contributed by atoms with Gasteiger partial charge in [-0.2, -0.15) is 13.2 Å². The molecule has 9 heteroatoms. The van der Waals surface area contributed by atoms with Gasteiger partial charge >= 0.3 is 6.18 Å². The summed E-state index contributed by atoms with van der Waals surface area (Å²) in [7, 11) is 0. The zero-order valence-corrected chi connectivity index (χ0v) is 14.0. The average molecular weight is 374 g/mol. The summed E-state index contributed by atoms with van der Waals surface area (Å²) in [6, 6.07) is 4.06. The minimum atomic E-state index is -4.39. The number of carbonyl (C=O) groups is 3. The van der Waals surface area contributed by atoms with Crippen LogP contribution in [0, 0.1) is 0 Å². The van der Waals surface area contributed by atoms with Crippen LogP contribution in [-0.2, 0) is 27.1 Å². The summed E-state index contributed by atoms with van der Waals surface area (Å²) in [5.74, 6) is 0.375. The third-order valence-electron chi connectivity index (χ3n) is 3.73. The maximum absolute atomic E-state index is 12.5. The van der Waals surface area contributed by atoms with Crippen molar-refractivity contribution in [3.8, 4) is 0 Å². The summed E-state index contributed by atoms with van der Waals surface area (Å²) in [6.07, 6.45) is -3.71. The Bertz CT molecular complexity index is 635. The molecule has 0 aliphatic carbocycles. The molecule has 1 aliphatic heterocycles. The van der Waals surface area contributed by atoms with E-state index in [1.165, 1.54) is 28.8 Å². The van der Waals surface area contributed by atoms with Crippen molar-refractivity contribution in [1.82, 2.24) is 10.2 Å². The van der Waals surface area contributed by atoms with E-state index in [0.717, 1.165) is 18.4 Å². The lowest BCUT2D eigenvalue weighted by Gasteiger charge is -2.19. The summed E-state index contributed by atoms with van der Waals surface area (Å²) < 4.78 is 37.4. The van der Waals surface area contributed by atoms with Crippen LogP contribution in [0.5, 0.6) is 0 Å². The first-order valence-electron chi connectivity index (χ1n) is 7.56. The lowest BCUT2D eigenvalue weighted by atomic mass is 10.1. The minimum absolute atomic E-state index is 0.0102. The number of hydrogen-bond donors (Lipinski definition) is 1. The quantitative estimate of drug-likeness (QED) is 0.776. The lowest BCUT2D eigenvalue weighted by Crippen LogP contribution is -2.38. The van der Waals surface area contributed by atoms with E-state index in [-0.39, 0.29) is 31.2 Å². The van der Waals surface area contributed by atoms with Gasteiger partial charge in [-0.05, 0) is 17.7 Å². The van der Waals surface area contributed by atoms with Gasteiger partial charge in [-0.1, -0.05) is 12.1 Å². The second kappa shape index (κ2) is 8.37. The molecule has 0 spiro atoms. The molecule has 0 aromatic heterocycles. The zero-order valence-electron chi connectivity index (χ0n) is 13.2. The molecule has 0 saturated carbocycles. The molecule has 0 radical (unpaired) electrons. The first-order chi connectivity index (χ1) is 11.8. The Morgan fingerprint density at radius 1 is 1.24 bits per heavy atom. The standard InChI is InChI=1S/C16H17F3N2O3S/c17-16(18,19)12-3-1-11(2-4-12)7-20-14(23)5-6-15(24)21-10-25-9-13(21)8-22/h1-4,8,13H,5-7,9-10H2,(H,20,23)/t13-/m1/s1. The Kier molecular flexibility index (Phi) is 6.46. The van der Waals surface area contributed by atoms with Gasteiger partial charge in [0.2, 0.25) is 11.8 Å². The Labute approximate surface area is 146 Å². The molecule has 136 valence electrons. The van der Waals surface area contributed by atoms with E-state index >= 15 is 0 Å². The first kappa shape index (κ1) is 19.3. The zero-order chi connectivity index (χ0) is 18.4. The molecular formula is C16H17F3N2O3S. The molecule has 25 heavy (non-hydrogen) atoms. The predicted molar refractivity (Wildman–Crippen MR) is 86.5 cm³/mol. The van der Waals surface area contributed by atoms with Crippen molar-refractivity contribution in [2.24, 2.45) is 0 Å². The highest BCUT2D eigenvalue weighted by molar-refractivity contribution is 7.99. The van der Waals surface area contributed by atoms with E-state index in [1.807, 2.05) is 0 Å². The van der Waals surface area contributed by atoms with Gasteiger partial charge in [0.15, 0.2) is 0 Å². The Hall–Kier alpha value is -2.03. The fourth-order valence-corrected chi connectivity index (χ4v) is 3.43. The van der Waals surface area contributed by atoms with Crippen molar-refractivity contribution in [2.75, 3.05) is 11.6 Å². The van der Waals surface area contributed by atoms with Crippen molar-refractivity contribution >= 4 is 29.9 Å². The van der Waals surface area contributed by atoms with Gasteiger partial charge < -0.3 is 15.0 Å². The van der Waals surface area contributed by atoms with E-state index in [0.29, 0.717) is 17.2 Å². The number of thioether (sulfide) groups is 1. The van der Waals surface area contributed by atoms with E-state index in [1.54, 1.807) is 0 Å². The van der Waals surface area contributed by atoms with Crippen LogP contribution in [0.15, 0.2) is 24.3 Å². The number of rotatable bonds is 6. The molecule has 5 nitrogen and oxygen atoms in total. The van der Waals surface area contributed by atoms with E-state index in [9.17, 15) is 27.6 Å². The van der Waals surface area contributed by atoms with Crippen molar-refractivity contribution in [1.29, 1.82) is 0 Å². The van der Waals surface area contributed by atoms with Gasteiger partial charge in [-0.15, -0.1) is 11.8 Å². The minimum Gasteiger partial charge on any atom is -0.352 e. The monoisotopic (exact) mass is 374 g/mol. The fourth-order valence-electron chi connectivity index (χ4n) is 2.29. The van der Waals surface area contributed by atoms with Crippen molar-refractivity contribution in [3.05, 3.63) is 35.4 Å². The number of halogens is 3. The lowest BCUT2D eigenvalue weighted by molar-refractivity contribution is -0.137. The van der Waals surface area contributed by atoms with Gasteiger partial charge in [-0.3, -0.25) is 9.59 Å².